The zero-order chi connectivity index (χ0) is 10.4. The van der Waals surface area contributed by atoms with Crippen LogP contribution in [0.1, 0.15) is 0 Å². The van der Waals surface area contributed by atoms with Crippen LogP contribution in [0.25, 0.3) is 0 Å². The van der Waals surface area contributed by atoms with E-state index >= 15 is 0 Å². The van der Waals surface area contributed by atoms with E-state index in [1.807, 2.05) is 0 Å². The molecule has 0 aliphatic heterocycles. The van der Waals surface area contributed by atoms with Gasteiger partial charge in [-0.05, 0) is 0 Å². The lowest BCUT2D eigenvalue weighted by molar-refractivity contribution is -0.870. The smallest absolute Gasteiger partial charge is 0.316 e. The fourth-order valence-electron chi connectivity index (χ4n) is 0.300. The summed E-state index contributed by atoms with van der Waals surface area (Å²) in [7, 11) is 1.24. The Morgan fingerprint density at radius 2 is 1.54 bits per heavy atom. The lowest BCUT2D eigenvalue weighted by Gasteiger charge is -2.21. The molecule has 0 rings (SSSR count). The number of aliphatic hydroxyl groups is 1. The van der Waals surface area contributed by atoms with Gasteiger partial charge in [0.2, 0.25) is 10.4 Å². The van der Waals surface area contributed by atoms with Crippen molar-refractivity contribution in [3.8, 4) is 0 Å². The van der Waals surface area contributed by atoms with Crippen LogP contribution in [-0.2, 0) is 10.4 Å². The summed E-state index contributed by atoms with van der Waals surface area (Å²) in [5, 5.41) is 8.39. The van der Waals surface area contributed by atoms with Gasteiger partial charge in [0.1, 0.15) is 6.54 Å². The molecule has 6 nitrogen and oxygen atoms in total. The van der Waals surface area contributed by atoms with Gasteiger partial charge in [-0.3, -0.25) is 4.55 Å². The number of quaternary nitrogens is 1. The maximum Gasteiger partial charge on any atom is 0.316 e. The number of likely N-dealkylation sites (N-methyl/N-ethyl adjacent to an activating group) is 1. The topological polar surface area (TPSA) is 97.7 Å². The predicted octanol–water partition coefficient (Wildman–Crippen LogP) is -2.23. The summed E-state index contributed by atoms with van der Waals surface area (Å²) in [6.45, 7) is 1.11. The Labute approximate surface area is 94.9 Å². The van der Waals surface area contributed by atoms with Gasteiger partial charge in [-0.1, -0.05) is 0 Å². The van der Waals surface area contributed by atoms with Crippen molar-refractivity contribution in [2.75, 3.05) is 34.3 Å². The molecule has 2 N–H and O–H groups in total. The van der Waals surface area contributed by atoms with Gasteiger partial charge in [0.15, 0.2) is 0 Å². The van der Waals surface area contributed by atoms with E-state index in [4.69, 9.17) is 22.6 Å². The zero-order valence-corrected chi connectivity index (χ0v) is 8.21. The zero-order valence-electron chi connectivity index (χ0n) is 7.39. The van der Waals surface area contributed by atoms with Gasteiger partial charge in [0.05, 0.1) is 27.7 Å². The van der Waals surface area contributed by atoms with Crippen molar-refractivity contribution in [1.29, 1.82) is 0 Å². The molecule has 0 heterocycles. The number of hydrogen-bond acceptors (Lipinski definition) is 4. The summed E-state index contributed by atoms with van der Waals surface area (Å²) in [6, 6.07) is 0. The highest BCUT2D eigenvalue weighted by atomic mass is 32.3. The summed E-state index contributed by atoms with van der Waals surface area (Å²) in [5.74, 6) is 0. The van der Waals surface area contributed by atoms with Crippen molar-refractivity contribution in [3.05, 3.63) is 0 Å². The summed E-state index contributed by atoms with van der Waals surface area (Å²) < 4.78 is 33.7. The highest BCUT2D eigenvalue weighted by Crippen LogP contribution is 1.84. The molecule has 0 bridgehead atoms. The Hall–Kier alpha value is 0.556. The van der Waals surface area contributed by atoms with E-state index in [0.29, 0.717) is 0 Å². The predicted molar refractivity (Wildman–Crippen MR) is 50.9 cm³/mol. The third-order valence-corrected chi connectivity index (χ3v) is 0.771. The first-order chi connectivity index (χ1) is 5.06. The van der Waals surface area contributed by atoms with E-state index in [1.54, 1.807) is 0 Å². The molecule has 0 aromatic rings. The standard InChI is InChI=1S/C5H14NO.Mg.H2O4S.2H/c1-6(2,3)4-5-7;;1-5(2,3)4;;/h7H,4-5H2,1-3H3;;(H2,1,2,3,4);;/q+1;;;;/p-1. The van der Waals surface area contributed by atoms with Gasteiger partial charge in [-0.15, -0.1) is 0 Å². The van der Waals surface area contributed by atoms with Crippen LogP contribution in [0, 0.1) is 0 Å². The molecule has 0 aliphatic rings. The average molecular weight is 228 g/mol. The fourth-order valence-corrected chi connectivity index (χ4v) is 0.300. The molecule has 80 valence electrons. The molecule has 0 amide bonds. The number of hydrogen-bond donors (Lipinski definition) is 2. The molecule has 0 atom stereocenters. The maximum atomic E-state index is 8.63. The van der Waals surface area contributed by atoms with E-state index in [1.165, 1.54) is 0 Å². The molecule has 0 aromatic heterocycles. The van der Waals surface area contributed by atoms with E-state index in [2.05, 4.69) is 21.1 Å². The molecular weight excluding hydrogens is 210 g/mol. The maximum absolute atomic E-state index is 8.63. The first kappa shape index (κ1) is 19.2. The number of rotatable bonds is 2. The lowest BCUT2D eigenvalue weighted by Crippen LogP contribution is -2.36. The molecular formula is C5H17MgNO5S. The lowest BCUT2D eigenvalue weighted by atomic mass is 10.5. The molecule has 0 saturated carbocycles. The monoisotopic (exact) mass is 227 g/mol. The summed E-state index contributed by atoms with van der Waals surface area (Å²) >= 11 is 0. The second-order valence-electron chi connectivity index (χ2n) is 3.17. The van der Waals surface area contributed by atoms with Crippen LogP contribution >= 0.6 is 0 Å². The quantitative estimate of drug-likeness (QED) is 0.241. The molecule has 0 spiro atoms. The van der Waals surface area contributed by atoms with Gasteiger partial charge in [0, 0.05) is 0 Å². The molecule has 8 heteroatoms. The largest absolute Gasteiger partial charge is 0.726 e. The Balaban J connectivity index is -0.000000150. The minimum atomic E-state index is -4.92. The van der Waals surface area contributed by atoms with Crippen LogP contribution in [0.2, 0.25) is 0 Å². The van der Waals surface area contributed by atoms with Gasteiger partial charge in [-0.2, -0.15) is 0 Å². The van der Waals surface area contributed by atoms with E-state index in [0.717, 1.165) is 11.0 Å². The van der Waals surface area contributed by atoms with Crippen LogP contribution in [-0.4, -0.2) is 84.5 Å². The van der Waals surface area contributed by atoms with Crippen LogP contribution in [0.15, 0.2) is 0 Å². The molecule has 0 unspecified atom stereocenters. The van der Waals surface area contributed by atoms with Gasteiger partial charge in [0.25, 0.3) is 0 Å². The van der Waals surface area contributed by atoms with Crippen LogP contribution in [0.5, 0.6) is 0 Å². The van der Waals surface area contributed by atoms with Crippen molar-refractivity contribution in [3.63, 3.8) is 0 Å². The van der Waals surface area contributed by atoms with Crippen molar-refractivity contribution in [2.45, 2.75) is 0 Å². The van der Waals surface area contributed by atoms with Crippen LogP contribution in [0.4, 0.5) is 0 Å². The highest BCUT2D eigenvalue weighted by molar-refractivity contribution is 7.79. The van der Waals surface area contributed by atoms with Gasteiger partial charge >= 0.3 is 23.1 Å². The van der Waals surface area contributed by atoms with E-state index in [-0.39, 0.29) is 29.7 Å². The highest BCUT2D eigenvalue weighted by Gasteiger charge is 2.02. The minimum Gasteiger partial charge on any atom is -0.726 e. The molecule has 0 fully saturated rings. The Bertz CT molecular complexity index is 189. The van der Waals surface area contributed by atoms with Crippen molar-refractivity contribution < 1.29 is 27.1 Å². The van der Waals surface area contributed by atoms with Crippen molar-refractivity contribution in [2.24, 2.45) is 0 Å². The molecule has 0 radical (unpaired) electrons. The second kappa shape index (κ2) is 7.91. The number of nitrogens with zero attached hydrogens (tertiary/aromatic N) is 1. The van der Waals surface area contributed by atoms with Crippen molar-refractivity contribution in [1.82, 2.24) is 0 Å². The van der Waals surface area contributed by atoms with Gasteiger partial charge in [-0.25, -0.2) is 8.42 Å². The van der Waals surface area contributed by atoms with Gasteiger partial charge < -0.3 is 14.1 Å². The SMILES string of the molecule is C[N+](C)(C)CCO.O=S(=O)([O-])O.[MgH2]. The molecule has 13 heavy (non-hydrogen) atoms. The van der Waals surface area contributed by atoms with E-state index < -0.39 is 10.4 Å². The van der Waals surface area contributed by atoms with E-state index in [9.17, 15) is 0 Å². The van der Waals surface area contributed by atoms with Crippen molar-refractivity contribution >= 4 is 33.5 Å². The Morgan fingerprint density at radius 3 is 1.54 bits per heavy atom. The first-order valence-electron chi connectivity index (χ1n) is 3.16. The van der Waals surface area contributed by atoms with Crippen LogP contribution in [0.3, 0.4) is 0 Å². The fraction of sp³-hybridized carbons (Fsp3) is 1.00. The minimum absolute atomic E-state index is 0. The molecule has 0 saturated heterocycles. The summed E-state index contributed by atoms with van der Waals surface area (Å²) in [4.78, 5) is 0. The summed E-state index contributed by atoms with van der Waals surface area (Å²) in [6.07, 6.45) is 0. The Kier molecular flexibility index (Phi) is 11.7. The normalized spacial score (nSPS) is 10.9. The molecule has 0 aliphatic carbocycles. The third kappa shape index (κ3) is 67.4. The first-order valence-corrected chi connectivity index (χ1v) is 4.52. The van der Waals surface area contributed by atoms with Crippen LogP contribution < -0.4 is 0 Å². The average Bonchev–Trinajstić information content (AvgIpc) is 1.54. The molecule has 0 aromatic carbocycles. The third-order valence-electron chi connectivity index (χ3n) is 0.771. The summed E-state index contributed by atoms with van der Waals surface area (Å²) in [5.41, 5.74) is 0. The second-order valence-corrected chi connectivity index (χ2v) is 4.02. The Morgan fingerprint density at radius 1 is 1.31 bits per heavy atom. The number of aliphatic hydroxyl groups excluding tert-OH is 1.